The molecule has 2 saturated heterocycles. The third-order valence-electron chi connectivity index (χ3n) is 6.10. The summed E-state index contributed by atoms with van der Waals surface area (Å²) in [5, 5.41) is 8.24. The summed E-state index contributed by atoms with van der Waals surface area (Å²) in [4.78, 5) is 26.8. The van der Waals surface area contributed by atoms with Crippen molar-refractivity contribution in [1.82, 2.24) is 19.9 Å². The predicted molar refractivity (Wildman–Crippen MR) is 90.2 cm³/mol. The molecule has 1 saturated carbocycles. The second kappa shape index (κ2) is 6.62. The zero-order chi connectivity index (χ0) is 18.3. The van der Waals surface area contributed by atoms with Gasteiger partial charge < -0.3 is 20.1 Å². The van der Waals surface area contributed by atoms with Gasteiger partial charge in [-0.25, -0.2) is 4.68 Å². The van der Waals surface area contributed by atoms with Crippen molar-refractivity contribution in [3.63, 3.8) is 0 Å². The van der Waals surface area contributed by atoms with Gasteiger partial charge in [-0.15, -0.1) is 5.10 Å². The van der Waals surface area contributed by atoms with E-state index in [-0.39, 0.29) is 29.9 Å². The first-order chi connectivity index (χ1) is 12.5. The number of hydrogen-bond acceptors (Lipinski definition) is 7. The van der Waals surface area contributed by atoms with Gasteiger partial charge in [0.15, 0.2) is 5.69 Å². The Balaban J connectivity index is 1.46. The number of methoxy groups -OCH3 is 1. The third kappa shape index (κ3) is 2.79. The number of rotatable bonds is 3. The maximum absolute atomic E-state index is 12.9. The highest BCUT2D eigenvalue weighted by Gasteiger charge is 2.58. The summed E-state index contributed by atoms with van der Waals surface area (Å²) >= 11 is 0. The van der Waals surface area contributed by atoms with Gasteiger partial charge in [-0.05, 0) is 25.7 Å². The van der Waals surface area contributed by atoms with Gasteiger partial charge in [0.05, 0.1) is 32.6 Å². The van der Waals surface area contributed by atoms with Crippen LogP contribution in [0.3, 0.4) is 0 Å². The Kier molecular flexibility index (Phi) is 4.44. The molecule has 0 radical (unpaired) electrons. The Bertz CT molecular complexity index is 699. The lowest BCUT2D eigenvalue weighted by atomic mass is 9.81. The molecule has 1 aromatic heterocycles. The number of esters is 1. The first kappa shape index (κ1) is 17.4. The number of nitrogens with two attached hydrogens (primary N) is 1. The minimum absolute atomic E-state index is 0.0335. The van der Waals surface area contributed by atoms with E-state index < -0.39 is 5.41 Å². The average molecular weight is 363 g/mol. The Morgan fingerprint density at radius 3 is 2.85 bits per heavy atom. The van der Waals surface area contributed by atoms with E-state index in [4.69, 9.17) is 15.2 Å². The number of aromatic nitrogens is 3. The topological polar surface area (TPSA) is 113 Å². The van der Waals surface area contributed by atoms with E-state index in [1.54, 1.807) is 15.8 Å². The molecule has 3 aliphatic rings. The van der Waals surface area contributed by atoms with Crippen LogP contribution in [0.2, 0.25) is 0 Å². The monoisotopic (exact) mass is 363 g/mol. The van der Waals surface area contributed by atoms with Gasteiger partial charge in [0.1, 0.15) is 5.41 Å². The minimum Gasteiger partial charge on any atom is -0.468 e. The van der Waals surface area contributed by atoms with Crippen LogP contribution in [-0.4, -0.2) is 71.2 Å². The second-order valence-electron chi connectivity index (χ2n) is 7.70. The van der Waals surface area contributed by atoms with E-state index in [9.17, 15) is 9.59 Å². The molecule has 3 fully saturated rings. The molecule has 2 atom stereocenters. The Morgan fingerprint density at radius 1 is 1.35 bits per heavy atom. The molecule has 9 heteroatoms. The van der Waals surface area contributed by atoms with Crippen LogP contribution in [0.1, 0.15) is 42.2 Å². The largest absolute Gasteiger partial charge is 0.468 e. The summed E-state index contributed by atoms with van der Waals surface area (Å²) in [5.41, 5.74) is 5.52. The zero-order valence-electron chi connectivity index (χ0n) is 15.0. The fraction of sp³-hybridized carbons (Fsp3) is 0.765. The fourth-order valence-electron chi connectivity index (χ4n) is 4.46. The summed E-state index contributed by atoms with van der Waals surface area (Å²) in [5.74, 6) is -0.535. The first-order valence-electron chi connectivity index (χ1n) is 9.16. The van der Waals surface area contributed by atoms with Crippen LogP contribution in [-0.2, 0) is 14.3 Å². The minimum atomic E-state index is -0.750. The van der Waals surface area contributed by atoms with E-state index >= 15 is 0 Å². The van der Waals surface area contributed by atoms with Crippen LogP contribution >= 0.6 is 0 Å². The molecule has 2 N–H and O–H groups in total. The lowest BCUT2D eigenvalue weighted by Crippen LogP contribution is -2.41. The van der Waals surface area contributed by atoms with E-state index in [1.807, 2.05) is 0 Å². The van der Waals surface area contributed by atoms with Gasteiger partial charge in [0.25, 0.3) is 5.91 Å². The SMILES string of the molecule is COC(=O)[C@@]12COC[C@@H]1CN(C(=O)c1cn(C3CCC(N)CC3)nn1)C2. The molecular formula is C17H25N5O4. The molecule has 9 nitrogen and oxygen atoms in total. The Hall–Kier alpha value is -2.00. The molecule has 26 heavy (non-hydrogen) atoms. The number of likely N-dealkylation sites (tertiary alicyclic amines) is 1. The number of amides is 1. The standard InChI is InChI=1S/C17H25N5O4/c1-25-16(24)17-9-21(6-11(17)8-26-10-17)15(23)14-7-22(20-19-14)13-4-2-12(18)3-5-13/h7,11-13H,2-6,8-10,18H2,1H3/t11-,12?,13?,17-/m0/s1. The molecule has 0 spiro atoms. The second-order valence-corrected chi connectivity index (χ2v) is 7.70. The molecule has 0 bridgehead atoms. The van der Waals surface area contributed by atoms with Gasteiger partial charge in [-0.3, -0.25) is 9.59 Å². The molecule has 1 aliphatic carbocycles. The quantitative estimate of drug-likeness (QED) is 0.751. The predicted octanol–water partition coefficient (Wildman–Crippen LogP) is -0.0179. The molecule has 0 unspecified atom stereocenters. The lowest BCUT2D eigenvalue weighted by Gasteiger charge is -2.25. The molecule has 4 rings (SSSR count). The van der Waals surface area contributed by atoms with E-state index in [2.05, 4.69) is 10.3 Å². The summed E-state index contributed by atoms with van der Waals surface area (Å²) in [7, 11) is 1.37. The van der Waals surface area contributed by atoms with E-state index in [0.29, 0.717) is 32.0 Å². The van der Waals surface area contributed by atoms with Crippen molar-refractivity contribution in [2.24, 2.45) is 17.1 Å². The lowest BCUT2D eigenvalue weighted by molar-refractivity contribution is -0.153. The first-order valence-corrected chi connectivity index (χ1v) is 9.16. The van der Waals surface area contributed by atoms with Crippen LogP contribution in [0.4, 0.5) is 0 Å². The van der Waals surface area contributed by atoms with Crippen LogP contribution in [0.5, 0.6) is 0 Å². The van der Waals surface area contributed by atoms with Crippen LogP contribution < -0.4 is 5.73 Å². The normalized spacial score (nSPS) is 33.9. The van der Waals surface area contributed by atoms with E-state index in [1.165, 1.54) is 7.11 Å². The number of nitrogens with zero attached hydrogens (tertiary/aromatic N) is 4. The molecule has 1 amide bonds. The Labute approximate surface area is 151 Å². The van der Waals surface area contributed by atoms with Crippen LogP contribution in [0.15, 0.2) is 6.20 Å². The third-order valence-corrected chi connectivity index (χ3v) is 6.10. The van der Waals surface area contributed by atoms with Crippen molar-refractivity contribution in [3.05, 3.63) is 11.9 Å². The van der Waals surface area contributed by atoms with E-state index in [0.717, 1.165) is 25.7 Å². The van der Waals surface area contributed by atoms with Crippen LogP contribution in [0.25, 0.3) is 0 Å². The summed E-state index contributed by atoms with van der Waals surface area (Å²) in [6.07, 6.45) is 5.55. The molecule has 142 valence electrons. The average Bonchev–Trinajstić information content (AvgIpc) is 3.35. The number of fused-ring (bicyclic) bond motifs is 1. The van der Waals surface area contributed by atoms with Gasteiger partial charge in [-0.2, -0.15) is 0 Å². The smallest absolute Gasteiger partial charge is 0.316 e. The molecular weight excluding hydrogens is 338 g/mol. The van der Waals surface area contributed by atoms with Crippen molar-refractivity contribution in [2.45, 2.75) is 37.8 Å². The van der Waals surface area contributed by atoms with Crippen molar-refractivity contribution in [2.75, 3.05) is 33.4 Å². The number of carbonyl (C=O) groups excluding carboxylic acids is 2. The maximum Gasteiger partial charge on any atom is 0.316 e. The summed E-state index contributed by atoms with van der Waals surface area (Å²) < 4.78 is 12.2. The molecule has 0 aromatic carbocycles. The van der Waals surface area contributed by atoms with Crippen molar-refractivity contribution in [3.8, 4) is 0 Å². The fourth-order valence-corrected chi connectivity index (χ4v) is 4.46. The zero-order valence-corrected chi connectivity index (χ0v) is 15.0. The summed E-state index contributed by atoms with van der Waals surface area (Å²) in [6.45, 7) is 1.53. The van der Waals surface area contributed by atoms with Gasteiger partial charge in [0, 0.05) is 25.0 Å². The summed E-state index contributed by atoms with van der Waals surface area (Å²) in [6, 6.07) is 0.508. The van der Waals surface area contributed by atoms with Gasteiger partial charge in [0.2, 0.25) is 0 Å². The van der Waals surface area contributed by atoms with Crippen molar-refractivity contribution < 1.29 is 19.1 Å². The van der Waals surface area contributed by atoms with Crippen molar-refractivity contribution >= 4 is 11.9 Å². The number of carbonyl (C=O) groups is 2. The molecule has 3 heterocycles. The highest BCUT2D eigenvalue weighted by Crippen LogP contribution is 2.42. The van der Waals surface area contributed by atoms with Gasteiger partial charge >= 0.3 is 5.97 Å². The number of ether oxygens (including phenoxy) is 2. The Morgan fingerprint density at radius 2 is 2.12 bits per heavy atom. The highest BCUT2D eigenvalue weighted by molar-refractivity contribution is 5.93. The molecule has 2 aliphatic heterocycles. The highest BCUT2D eigenvalue weighted by atomic mass is 16.5. The molecule has 1 aromatic rings. The van der Waals surface area contributed by atoms with Gasteiger partial charge in [-0.1, -0.05) is 5.21 Å². The van der Waals surface area contributed by atoms with Crippen molar-refractivity contribution in [1.29, 1.82) is 0 Å². The maximum atomic E-state index is 12.9. The number of hydrogen-bond donors (Lipinski definition) is 1. The van der Waals surface area contributed by atoms with Crippen LogP contribution in [0, 0.1) is 11.3 Å².